The van der Waals surface area contributed by atoms with Crippen LogP contribution < -0.4 is 5.56 Å². The minimum absolute atomic E-state index is 0.329. The van der Waals surface area contributed by atoms with Crippen LogP contribution in [0, 0.1) is 0 Å². The van der Waals surface area contributed by atoms with Crippen molar-refractivity contribution in [2.75, 3.05) is 7.11 Å². The molecule has 7 nitrogen and oxygen atoms in total. The van der Waals surface area contributed by atoms with E-state index in [9.17, 15) is 9.59 Å². The topological polar surface area (TPSA) is 79.0 Å². The van der Waals surface area contributed by atoms with Crippen LogP contribution in [0.2, 0.25) is 5.02 Å². The molecule has 1 aromatic carbocycles. The first kappa shape index (κ1) is 16.2. The lowest BCUT2D eigenvalue weighted by Crippen LogP contribution is -2.30. The van der Waals surface area contributed by atoms with E-state index in [4.69, 9.17) is 16.3 Å². The number of hydrogen-bond acceptors (Lipinski definition) is 5. The minimum atomic E-state index is -0.710. The number of fused-ring (bicyclic) bond motifs is 1. The average Bonchev–Trinajstić information content (AvgIpc) is 3.02. The number of methoxy groups -OCH3 is 1. The van der Waals surface area contributed by atoms with Crippen LogP contribution in [0.25, 0.3) is 16.7 Å². The standard InChI is InChI=1S/C16H15ClN4O3/c1-3-13(16(23)24-2)20-9-18-14-12(15(20)22)8-19-21(14)11-6-4-10(17)5-7-11/h4-9,13H,3H2,1-2H3/t13-/m1/s1. The fourth-order valence-corrected chi connectivity index (χ4v) is 2.66. The lowest BCUT2D eigenvalue weighted by molar-refractivity contribution is -0.144. The molecule has 0 aliphatic heterocycles. The van der Waals surface area contributed by atoms with Crippen LogP contribution in [-0.2, 0) is 9.53 Å². The largest absolute Gasteiger partial charge is 0.467 e. The highest BCUT2D eigenvalue weighted by molar-refractivity contribution is 6.30. The summed E-state index contributed by atoms with van der Waals surface area (Å²) in [5.74, 6) is -0.481. The molecule has 0 amide bonds. The van der Waals surface area contributed by atoms with Crippen molar-refractivity contribution < 1.29 is 9.53 Å². The predicted octanol–water partition coefficient (Wildman–Crippen LogP) is 2.36. The second-order valence-electron chi connectivity index (χ2n) is 5.17. The Balaban J connectivity index is 2.13. The highest BCUT2D eigenvalue weighted by Crippen LogP contribution is 2.18. The third kappa shape index (κ3) is 2.67. The Morgan fingerprint density at radius 3 is 2.67 bits per heavy atom. The van der Waals surface area contributed by atoms with E-state index in [1.165, 1.54) is 24.2 Å². The van der Waals surface area contributed by atoms with E-state index < -0.39 is 12.0 Å². The van der Waals surface area contributed by atoms with Crippen molar-refractivity contribution in [1.29, 1.82) is 0 Å². The zero-order valence-corrected chi connectivity index (χ0v) is 13.9. The molecule has 8 heteroatoms. The molecule has 0 N–H and O–H groups in total. The van der Waals surface area contributed by atoms with Gasteiger partial charge in [-0.1, -0.05) is 18.5 Å². The number of esters is 1. The van der Waals surface area contributed by atoms with Crippen LogP contribution in [0.5, 0.6) is 0 Å². The van der Waals surface area contributed by atoms with Gasteiger partial charge in [0.2, 0.25) is 0 Å². The number of carbonyl (C=O) groups is 1. The number of ether oxygens (including phenoxy) is 1. The van der Waals surface area contributed by atoms with Crippen molar-refractivity contribution in [3.63, 3.8) is 0 Å². The van der Waals surface area contributed by atoms with Gasteiger partial charge in [-0.15, -0.1) is 0 Å². The van der Waals surface area contributed by atoms with Gasteiger partial charge in [-0.25, -0.2) is 14.5 Å². The molecule has 2 aromatic heterocycles. The second-order valence-corrected chi connectivity index (χ2v) is 5.61. The lowest BCUT2D eigenvalue weighted by Gasteiger charge is -2.15. The summed E-state index contributed by atoms with van der Waals surface area (Å²) in [5, 5.41) is 5.16. The molecule has 0 fully saturated rings. The van der Waals surface area contributed by atoms with E-state index in [1.54, 1.807) is 35.9 Å². The van der Waals surface area contributed by atoms with Crippen LogP contribution in [0.1, 0.15) is 19.4 Å². The smallest absolute Gasteiger partial charge is 0.329 e. The minimum Gasteiger partial charge on any atom is -0.467 e. The van der Waals surface area contributed by atoms with Crippen LogP contribution in [0.4, 0.5) is 0 Å². The molecular weight excluding hydrogens is 332 g/mol. The summed E-state index contributed by atoms with van der Waals surface area (Å²) in [6, 6.07) is 6.32. The van der Waals surface area contributed by atoms with Crippen molar-refractivity contribution in [2.24, 2.45) is 0 Å². The maximum Gasteiger partial charge on any atom is 0.329 e. The highest BCUT2D eigenvalue weighted by atomic mass is 35.5. The number of rotatable bonds is 4. The molecule has 2 heterocycles. The molecule has 0 aliphatic rings. The van der Waals surface area contributed by atoms with E-state index in [1.807, 2.05) is 0 Å². The molecular formula is C16H15ClN4O3. The fourth-order valence-electron chi connectivity index (χ4n) is 2.53. The van der Waals surface area contributed by atoms with Crippen LogP contribution in [0.15, 0.2) is 41.6 Å². The predicted molar refractivity (Wildman–Crippen MR) is 89.5 cm³/mol. The number of benzene rings is 1. The molecule has 0 bridgehead atoms. The summed E-state index contributed by atoms with van der Waals surface area (Å²) in [7, 11) is 1.29. The van der Waals surface area contributed by atoms with Crippen molar-refractivity contribution in [3.8, 4) is 5.69 Å². The van der Waals surface area contributed by atoms with Crippen LogP contribution >= 0.6 is 11.6 Å². The number of aromatic nitrogens is 4. The molecule has 124 valence electrons. The van der Waals surface area contributed by atoms with Gasteiger partial charge in [0, 0.05) is 5.02 Å². The molecule has 24 heavy (non-hydrogen) atoms. The molecule has 0 unspecified atom stereocenters. The number of halogens is 1. The molecule has 0 spiro atoms. The van der Waals surface area contributed by atoms with E-state index in [0.717, 1.165) is 5.69 Å². The van der Waals surface area contributed by atoms with Gasteiger partial charge >= 0.3 is 5.97 Å². The molecule has 3 aromatic rings. The monoisotopic (exact) mass is 346 g/mol. The third-order valence-electron chi connectivity index (χ3n) is 3.78. The van der Waals surface area contributed by atoms with Crippen molar-refractivity contribution in [3.05, 3.63) is 52.2 Å². The Labute approximate surface area is 142 Å². The summed E-state index contributed by atoms with van der Waals surface area (Å²) in [5.41, 5.74) is 0.815. The van der Waals surface area contributed by atoms with Crippen LogP contribution in [-0.4, -0.2) is 32.4 Å². The summed E-state index contributed by atoms with van der Waals surface area (Å²) in [6.45, 7) is 1.80. The maximum absolute atomic E-state index is 12.7. The SMILES string of the molecule is CC[C@H](C(=O)OC)n1cnc2c(cnn2-c2ccc(Cl)cc2)c1=O. The van der Waals surface area contributed by atoms with Crippen molar-refractivity contribution in [1.82, 2.24) is 19.3 Å². The van der Waals surface area contributed by atoms with E-state index >= 15 is 0 Å². The fraction of sp³-hybridized carbons (Fsp3) is 0.250. The maximum atomic E-state index is 12.7. The Morgan fingerprint density at radius 2 is 2.04 bits per heavy atom. The lowest BCUT2D eigenvalue weighted by atomic mass is 10.2. The summed E-state index contributed by atoms with van der Waals surface area (Å²) in [4.78, 5) is 28.8. The van der Waals surface area contributed by atoms with Gasteiger partial charge < -0.3 is 4.74 Å². The van der Waals surface area contributed by atoms with Gasteiger partial charge in [0.05, 0.1) is 19.0 Å². The van der Waals surface area contributed by atoms with Gasteiger partial charge in [0.25, 0.3) is 5.56 Å². The molecule has 0 saturated heterocycles. The van der Waals surface area contributed by atoms with Gasteiger partial charge in [-0.2, -0.15) is 5.10 Å². The quantitative estimate of drug-likeness (QED) is 0.677. The zero-order chi connectivity index (χ0) is 17.3. The third-order valence-corrected chi connectivity index (χ3v) is 4.03. The second kappa shape index (κ2) is 6.45. The number of carbonyl (C=O) groups excluding carboxylic acids is 1. The molecule has 1 atom stereocenters. The first-order chi connectivity index (χ1) is 11.6. The first-order valence-corrected chi connectivity index (χ1v) is 7.73. The van der Waals surface area contributed by atoms with E-state index in [2.05, 4.69) is 10.1 Å². The summed E-state index contributed by atoms with van der Waals surface area (Å²) >= 11 is 5.89. The van der Waals surface area contributed by atoms with Gasteiger partial charge in [-0.05, 0) is 30.7 Å². The van der Waals surface area contributed by atoms with Gasteiger partial charge in [0.15, 0.2) is 5.65 Å². The first-order valence-electron chi connectivity index (χ1n) is 7.35. The van der Waals surface area contributed by atoms with Crippen LogP contribution in [0.3, 0.4) is 0 Å². The van der Waals surface area contributed by atoms with E-state index in [0.29, 0.717) is 22.5 Å². The highest BCUT2D eigenvalue weighted by Gasteiger charge is 2.22. The Kier molecular flexibility index (Phi) is 4.35. The van der Waals surface area contributed by atoms with Crippen molar-refractivity contribution in [2.45, 2.75) is 19.4 Å². The van der Waals surface area contributed by atoms with Gasteiger partial charge in [-0.3, -0.25) is 9.36 Å². The molecule has 0 aliphatic carbocycles. The Hall–Kier alpha value is -2.67. The Morgan fingerprint density at radius 1 is 1.33 bits per heavy atom. The molecule has 3 rings (SSSR count). The molecule has 0 radical (unpaired) electrons. The number of hydrogen-bond donors (Lipinski definition) is 0. The zero-order valence-electron chi connectivity index (χ0n) is 13.1. The van der Waals surface area contributed by atoms with Gasteiger partial charge in [0.1, 0.15) is 17.8 Å². The normalized spacial score (nSPS) is 12.3. The average molecular weight is 347 g/mol. The summed E-state index contributed by atoms with van der Waals surface area (Å²) < 4.78 is 7.58. The Bertz CT molecular complexity index is 946. The number of nitrogens with zero attached hydrogens (tertiary/aromatic N) is 4. The molecule has 0 saturated carbocycles. The van der Waals surface area contributed by atoms with Crippen molar-refractivity contribution >= 4 is 28.6 Å². The van der Waals surface area contributed by atoms with E-state index in [-0.39, 0.29) is 5.56 Å². The summed E-state index contributed by atoms with van der Waals surface area (Å²) in [6.07, 6.45) is 3.22.